The number of hydrogen-bond acceptors (Lipinski definition) is 9. The Labute approximate surface area is 338 Å². The van der Waals surface area contributed by atoms with Crippen LogP contribution in [0.3, 0.4) is 0 Å². The van der Waals surface area contributed by atoms with Gasteiger partial charge in [-0.3, -0.25) is 0 Å². The normalized spacial score (nSPS) is 26.3. The van der Waals surface area contributed by atoms with Crippen LogP contribution in [-0.4, -0.2) is 74.8 Å². The molecule has 294 valence electrons. The Balaban J connectivity index is 0.767. The number of rotatable bonds is 6. The molecular formula is C46H49N10O2+. The van der Waals surface area contributed by atoms with E-state index < -0.39 is 0 Å². The molecule has 12 rings (SSSR count). The Morgan fingerprint density at radius 3 is 2.19 bits per heavy atom. The number of piperidine rings is 1. The first-order valence-electron chi connectivity index (χ1n) is 20.9. The van der Waals surface area contributed by atoms with Gasteiger partial charge in [0.1, 0.15) is 42.9 Å². The van der Waals surface area contributed by atoms with E-state index in [-0.39, 0.29) is 11.1 Å². The molecule has 58 heavy (non-hydrogen) atoms. The van der Waals surface area contributed by atoms with Crippen LogP contribution >= 0.6 is 0 Å². The molecule has 12 heteroatoms. The second-order valence-electron chi connectivity index (χ2n) is 18.1. The third-order valence-electron chi connectivity index (χ3n) is 14.1. The van der Waals surface area contributed by atoms with E-state index >= 15 is 0 Å². The fourth-order valence-corrected chi connectivity index (χ4v) is 11.0. The van der Waals surface area contributed by atoms with E-state index in [4.69, 9.17) is 24.5 Å². The van der Waals surface area contributed by atoms with Crippen LogP contribution in [0.2, 0.25) is 0 Å². The second-order valence-corrected chi connectivity index (χ2v) is 18.1. The molecule has 2 N–H and O–H groups in total. The van der Waals surface area contributed by atoms with E-state index in [9.17, 15) is 0 Å². The van der Waals surface area contributed by atoms with E-state index in [1.165, 1.54) is 18.4 Å². The average Bonchev–Trinajstić information content (AvgIpc) is 4.09. The number of ether oxygens (including phenoxy) is 2. The molecule has 5 atom stereocenters. The highest BCUT2D eigenvalue weighted by atomic mass is 16.5. The smallest absolute Gasteiger partial charge is 0.274 e. The molecule has 3 unspecified atom stereocenters. The first-order valence-corrected chi connectivity index (χ1v) is 20.9. The molecule has 0 radical (unpaired) electrons. The summed E-state index contributed by atoms with van der Waals surface area (Å²) in [5, 5.41) is 12.2. The van der Waals surface area contributed by atoms with E-state index in [0.29, 0.717) is 37.0 Å². The van der Waals surface area contributed by atoms with E-state index in [1.54, 1.807) is 0 Å². The highest BCUT2D eigenvalue weighted by molar-refractivity contribution is 5.77. The van der Waals surface area contributed by atoms with Crippen molar-refractivity contribution in [3.05, 3.63) is 103 Å². The lowest BCUT2D eigenvalue weighted by molar-refractivity contribution is -0.674. The lowest BCUT2D eigenvalue weighted by Gasteiger charge is -2.45. The van der Waals surface area contributed by atoms with Crippen LogP contribution < -0.4 is 34.6 Å². The molecule has 0 spiro atoms. The number of fused-ring (bicyclic) bond motifs is 9. The molecule has 6 aliphatic rings. The minimum absolute atomic E-state index is 0.200. The number of nitrogens with one attached hydrogen (secondary N) is 2. The van der Waals surface area contributed by atoms with Crippen molar-refractivity contribution < 1.29 is 14.2 Å². The van der Waals surface area contributed by atoms with Crippen molar-refractivity contribution in [2.75, 3.05) is 43.0 Å². The zero-order chi connectivity index (χ0) is 38.8. The monoisotopic (exact) mass is 773 g/mol. The number of nitrogens with zero attached hydrogens (tertiary/aromatic N) is 8. The molecule has 4 fully saturated rings. The van der Waals surface area contributed by atoms with Gasteiger partial charge in [-0.2, -0.15) is 15.1 Å². The SMILES string of the molecule is CN(c1ccc2c(n1)OCc1cc(-n3cc(-[n+]4cccn4-c4ccc5c(c4)COc4nc(N6CC7CNCC7C6)ccc4-5)cn3)ccc1-2)C1C[C@]2(C)CC[C@](C)(C1)N2. The summed E-state index contributed by atoms with van der Waals surface area (Å²) in [6, 6.07) is 24.3. The number of hydrogen-bond donors (Lipinski definition) is 2. The zero-order valence-electron chi connectivity index (χ0n) is 33.4. The standard InChI is InChI=1S/C46H49N10O2/c1-45-13-14-46(2,51-45)20-35(19-45)52(3)41-11-9-39-37-7-5-33(17-29(37)27-57-43(39)49-41)54-26-36(23-48-54)56-16-4-15-55(56)34-6-8-38-30(18-34)28-58-44-40(38)10-12-42(50-44)53-24-31-21-47-22-32(31)25-53/h4-12,15-18,23,26,31-32,35,47,51H,13-14,19-22,24-25,27-28H2,1-3H3/q+1/t31?,32?,35?,45-,46+. The zero-order valence-corrected chi connectivity index (χ0v) is 33.4. The van der Waals surface area contributed by atoms with Gasteiger partial charge < -0.3 is 29.9 Å². The maximum atomic E-state index is 6.34. The Kier molecular flexibility index (Phi) is 7.48. The highest BCUT2D eigenvalue weighted by Gasteiger charge is 2.49. The summed E-state index contributed by atoms with van der Waals surface area (Å²) in [6.45, 7) is 10.0. The van der Waals surface area contributed by atoms with Crippen LogP contribution in [-0.2, 0) is 13.2 Å². The molecule has 6 aromatic rings. The molecule has 2 aromatic carbocycles. The number of benzene rings is 2. The molecule has 0 saturated carbocycles. The van der Waals surface area contributed by atoms with Gasteiger partial charge >= 0.3 is 0 Å². The lowest BCUT2D eigenvalue weighted by atomic mass is 9.84. The van der Waals surface area contributed by atoms with Gasteiger partial charge in [-0.05, 0) is 122 Å². The Morgan fingerprint density at radius 2 is 1.45 bits per heavy atom. The van der Waals surface area contributed by atoms with E-state index in [2.05, 4.69) is 136 Å². The number of pyridine rings is 2. The van der Waals surface area contributed by atoms with Crippen LogP contribution in [0.1, 0.15) is 50.7 Å². The van der Waals surface area contributed by atoms with Gasteiger partial charge in [0.05, 0.1) is 11.9 Å². The first kappa shape index (κ1) is 34.3. The summed E-state index contributed by atoms with van der Waals surface area (Å²) in [4.78, 5) is 14.8. The van der Waals surface area contributed by atoms with Crippen LogP contribution in [0.25, 0.3) is 39.3 Å². The van der Waals surface area contributed by atoms with Crippen molar-refractivity contribution in [2.24, 2.45) is 11.8 Å². The van der Waals surface area contributed by atoms with Crippen LogP contribution in [0.15, 0.2) is 91.5 Å². The van der Waals surface area contributed by atoms with Crippen molar-refractivity contribution in [1.29, 1.82) is 0 Å². The van der Waals surface area contributed by atoms with Crippen molar-refractivity contribution >= 4 is 11.6 Å². The molecular weight excluding hydrogens is 725 g/mol. The van der Waals surface area contributed by atoms with Crippen LogP contribution in [0.4, 0.5) is 11.6 Å². The molecule has 2 bridgehead atoms. The van der Waals surface area contributed by atoms with Gasteiger partial charge in [0, 0.05) is 67.5 Å². The molecule has 4 saturated heterocycles. The molecule has 6 aliphatic heterocycles. The molecule has 10 heterocycles. The summed E-state index contributed by atoms with van der Waals surface area (Å²) >= 11 is 0. The summed E-state index contributed by atoms with van der Waals surface area (Å²) in [7, 11) is 2.19. The van der Waals surface area contributed by atoms with Gasteiger partial charge in [0.2, 0.25) is 18.0 Å². The Morgan fingerprint density at radius 1 is 0.793 bits per heavy atom. The topological polar surface area (TPSA) is 101 Å². The highest BCUT2D eigenvalue weighted by Crippen LogP contribution is 2.45. The van der Waals surface area contributed by atoms with Crippen molar-refractivity contribution in [3.63, 3.8) is 0 Å². The van der Waals surface area contributed by atoms with Gasteiger partial charge in [0.15, 0.2) is 0 Å². The number of anilines is 2. The van der Waals surface area contributed by atoms with Crippen molar-refractivity contribution in [3.8, 4) is 51.1 Å². The van der Waals surface area contributed by atoms with E-state index in [0.717, 1.165) is 101 Å². The third kappa shape index (κ3) is 5.55. The van der Waals surface area contributed by atoms with Gasteiger partial charge in [-0.25, -0.2) is 4.68 Å². The Hall–Kier alpha value is -5.72. The van der Waals surface area contributed by atoms with Crippen LogP contribution in [0, 0.1) is 11.8 Å². The third-order valence-corrected chi connectivity index (χ3v) is 14.1. The largest absolute Gasteiger partial charge is 0.472 e. The summed E-state index contributed by atoms with van der Waals surface area (Å²) in [5.74, 6) is 4.86. The second kappa shape index (κ2) is 12.6. The molecule has 0 amide bonds. The van der Waals surface area contributed by atoms with Gasteiger partial charge in [-0.1, -0.05) is 16.8 Å². The lowest BCUT2D eigenvalue weighted by Crippen LogP contribution is -2.58. The molecule has 0 aliphatic carbocycles. The van der Waals surface area contributed by atoms with E-state index in [1.807, 2.05) is 10.9 Å². The fraction of sp³-hybridized carbons (Fsp3) is 0.391. The van der Waals surface area contributed by atoms with Crippen molar-refractivity contribution in [2.45, 2.75) is 69.9 Å². The first-order chi connectivity index (χ1) is 28.2. The minimum Gasteiger partial charge on any atom is -0.472 e. The van der Waals surface area contributed by atoms with Crippen LogP contribution in [0.5, 0.6) is 11.8 Å². The molecule has 12 nitrogen and oxygen atoms in total. The summed E-state index contributed by atoms with van der Waals surface area (Å²) in [6.07, 6.45) is 12.8. The average molecular weight is 774 g/mol. The molecule has 4 aromatic heterocycles. The fourth-order valence-electron chi connectivity index (χ4n) is 11.0. The quantitative estimate of drug-likeness (QED) is 0.198. The number of aromatic nitrogens is 6. The van der Waals surface area contributed by atoms with Crippen molar-refractivity contribution in [1.82, 2.24) is 35.1 Å². The maximum Gasteiger partial charge on any atom is 0.274 e. The van der Waals surface area contributed by atoms with Gasteiger partial charge in [-0.15, -0.1) is 4.68 Å². The minimum atomic E-state index is 0.200. The van der Waals surface area contributed by atoms with Gasteiger partial charge in [0.25, 0.3) is 5.69 Å². The summed E-state index contributed by atoms with van der Waals surface area (Å²) < 4.78 is 18.8. The Bertz CT molecular complexity index is 2590. The summed E-state index contributed by atoms with van der Waals surface area (Å²) in [5.41, 5.74) is 10.1. The maximum absolute atomic E-state index is 6.34. The predicted molar refractivity (Wildman–Crippen MR) is 222 cm³/mol. The predicted octanol–water partition coefficient (Wildman–Crippen LogP) is 6.00.